The van der Waals surface area contributed by atoms with E-state index in [0.29, 0.717) is 5.84 Å². The van der Waals surface area contributed by atoms with Crippen molar-refractivity contribution in [1.82, 2.24) is 19.7 Å². The molecule has 4 aromatic heterocycles. The lowest BCUT2D eigenvalue weighted by atomic mass is 10.1. The maximum atomic E-state index is 6.84. The van der Waals surface area contributed by atoms with Gasteiger partial charge in [0.1, 0.15) is 23.1 Å². The Morgan fingerprint density at radius 2 is 1.29 bits per heavy atom. The Morgan fingerprint density at radius 3 is 2.15 bits per heavy atom. The molecule has 0 radical (unpaired) electrons. The van der Waals surface area contributed by atoms with Gasteiger partial charge >= 0.3 is 0 Å². The maximum Gasteiger partial charge on any atom is 0.165 e. The highest BCUT2D eigenvalue weighted by Crippen LogP contribution is 2.43. The summed E-state index contributed by atoms with van der Waals surface area (Å²) in [7, 11) is 0. The zero-order chi connectivity index (χ0) is 31.3. The fourth-order valence-corrected chi connectivity index (χ4v) is 7.37. The molecule has 7 nitrogen and oxygen atoms in total. The van der Waals surface area contributed by atoms with Gasteiger partial charge in [0, 0.05) is 38.1 Å². The second kappa shape index (κ2) is 9.47. The number of aromatic nitrogens is 3. The van der Waals surface area contributed by atoms with Gasteiger partial charge in [0.05, 0.1) is 22.1 Å². The molecule has 11 rings (SSSR count). The lowest BCUT2D eigenvalue weighted by molar-refractivity contribution is 0.668. The Labute approximate surface area is 272 Å². The van der Waals surface area contributed by atoms with E-state index >= 15 is 0 Å². The molecule has 0 saturated carbocycles. The van der Waals surface area contributed by atoms with Crippen molar-refractivity contribution in [2.75, 3.05) is 0 Å². The highest BCUT2D eigenvalue weighted by Gasteiger charge is 2.25. The molecule has 48 heavy (non-hydrogen) atoms. The van der Waals surface area contributed by atoms with E-state index in [1.165, 1.54) is 0 Å². The Kier molecular flexibility index (Phi) is 5.04. The van der Waals surface area contributed by atoms with Crippen molar-refractivity contribution >= 4 is 83.0 Å². The quantitative estimate of drug-likeness (QED) is 0.215. The van der Waals surface area contributed by atoms with E-state index in [0.717, 1.165) is 93.9 Å². The molecule has 0 spiro atoms. The normalized spacial score (nSPS) is 15.3. The van der Waals surface area contributed by atoms with Crippen LogP contribution in [0.3, 0.4) is 0 Å². The summed E-state index contributed by atoms with van der Waals surface area (Å²) in [5, 5.41) is 9.07. The van der Waals surface area contributed by atoms with Crippen LogP contribution in [0.2, 0.25) is 0 Å². The number of nitrogens with zero attached hydrogens (tertiary/aromatic N) is 5. The first kappa shape index (κ1) is 25.6. The molecule has 1 aliphatic rings. The lowest BCUT2D eigenvalue weighted by Crippen LogP contribution is -2.33. The lowest BCUT2D eigenvalue weighted by Gasteiger charge is -2.23. The third-order valence-electron chi connectivity index (χ3n) is 9.57. The van der Waals surface area contributed by atoms with E-state index in [1.807, 2.05) is 72.8 Å². The summed E-state index contributed by atoms with van der Waals surface area (Å²) in [6.07, 6.45) is -0.274. The predicted octanol–water partition coefficient (Wildman–Crippen LogP) is 9.17. The minimum absolute atomic E-state index is 0.274. The van der Waals surface area contributed by atoms with E-state index < -0.39 is 0 Å². The van der Waals surface area contributed by atoms with Gasteiger partial charge in [0.15, 0.2) is 17.1 Å². The molecule has 1 aliphatic heterocycles. The monoisotopic (exact) mass is 616 g/mol. The van der Waals surface area contributed by atoms with Crippen LogP contribution < -0.4 is 5.32 Å². The average Bonchev–Trinajstić information content (AvgIpc) is 3.81. The number of rotatable bonds is 3. The minimum Gasteiger partial charge on any atom is -0.454 e. The molecule has 10 aromatic rings. The summed E-state index contributed by atoms with van der Waals surface area (Å²) < 4.78 is 9.09. The molecule has 1 atom stereocenters. The van der Waals surface area contributed by atoms with Gasteiger partial charge in [-0.25, -0.2) is 20.0 Å². The molecule has 0 aliphatic carbocycles. The van der Waals surface area contributed by atoms with Crippen LogP contribution in [0.5, 0.6) is 0 Å². The van der Waals surface area contributed by atoms with Gasteiger partial charge in [-0.05, 0) is 35.9 Å². The molecule has 224 valence electrons. The molecule has 7 heteroatoms. The Morgan fingerprint density at radius 1 is 0.583 bits per heavy atom. The number of hydrogen-bond acceptors (Lipinski definition) is 6. The molecular formula is C41H24N6O. The first-order valence-electron chi connectivity index (χ1n) is 16.0. The number of benzene rings is 6. The van der Waals surface area contributed by atoms with E-state index in [2.05, 4.69) is 70.4 Å². The summed E-state index contributed by atoms with van der Waals surface area (Å²) in [5.41, 5.74) is 10.2. The number of aliphatic imine (C=N–C) groups is 2. The number of para-hydroxylation sites is 3. The van der Waals surface area contributed by atoms with E-state index in [1.54, 1.807) is 0 Å². The van der Waals surface area contributed by atoms with Gasteiger partial charge in [-0.2, -0.15) is 0 Å². The van der Waals surface area contributed by atoms with Gasteiger partial charge in [-0.15, -0.1) is 0 Å². The van der Waals surface area contributed by atoms with Crippen molar-refractivity contribution in [1.29, 1.82) is 0 Å². The maximum absolute atomic E-state index is 6.84. The average molecular weight is 617 g/mol. The Bertz CT molecular complexity index is 2980. The van der Waals surface area contributed by atoms with E-state index in [-0.39, 0.29) is 6.17 Å². The molecular weight excluding hydrogens is 592 g/mol. The first-order valence-corrected chi connectivity index (χ1v) is 16.0. The smallest absolute Gasteiger partial charge is 0.165 e. The van der Waals surface area contributed by atoms with Gasteiger partial charge in [-0.1, -0.05) is 103 Å². The first-order chi connectivity index (χ1) is 23.8. The molecule has 0 saturated heterocycles. The SMILES string of the molecule is c1ccc(C2=NC(c3ccccc3)NC(c3ccc4c(c3)oc3c4ccc4c5cccc6c7nc8ccccc8nc7n(c56)c43)=N2)cc1. The van der Waals surface area contributed by atoms with Gasteiger partial charge in [0.2, 0.25) is 0 Å². The molecule has 5 heterocycles. The van der Waals surface area contributed by atoms with Gasteiger partial charge in [-0.3, -0.25) is 4.40 Å². The van der Waals surface area contributed by atoms with E-state index in [9.17, 15) is 0 Å². The Hall–Kier alpha value is -6.60. The molecule has 0 fully saturated rings. The number of fused-ring (bicyclic) bond motifs is 11. The fourth-order valence-electron chi connectivity index (χ4n) is 7.37. The third kappa shape index (κ3) is 3.52. The summed E-state index contributed by atoms with van der Waals surface area (Å²) in [5.74, 6) is 1.44. The summed E-state index contributed by atoms with van der Waals surface area (Å²) in [4.78, 5) is 20.2. The third-order valence-corrected chi connectivity index (χ3v) is 9.57. The highest BCUT2D eigenvalue weighted by atomic mass is 16.3. The van der Waals surface area contributed by atoms with Crippen LogP contribution in [-0.4, -0.2) is 26.0 Å². The largest absolute Gasteiger partial charge is 0.454 e. The molecule has 1 unspecified atom stereocenters. The van der Waals surface area contributed by atoms with Crippen molar-refractivity contribution in [2.24, 2.45) is 9.98 Å². The zero-order valence-corrected chi connectivity index (χ0v) is 25.4. The van der Waals surface area contributed by atoms with E-state index in [4.69, 9.17) is 24.4 Å². The van der Waals surface area contributed by atoms with Crippen LogP contribution >= 0.6 is 0 Å². The van der Waals surface area contributed by atoms with Gasteiger partial charge in [0.25, 0.3) is 0 Å². The second-order valence-electron chi connectivity index (χ2n) is 12.3. The molecule has 0 bridgehead atoms. The van der Waals surface area contributed by atoms with Crippen molar-refractivity contribution in [3.05, 3.63) is 150 Å². The van der Waals surface area contributed by atoms with Crippen LogP contribution in [0, 0.1) is 0 Å². The van der Waals surface area contributed by atoms with Crippen molar-refractivity contribution in [2.45, 2.75) is 6.17 Å². The standard InChI is InChI=1S/C41H24N6O/c1-3-10-23(11-4-1)38-44-39(24-12-5-2-6-13-24)46-40(45-38)25-18-19-26-29-21-20-28-27-14-9-15-30-34-41(43-32-17-8-7-16-31(32)42-34)47(35(27)30)36(28)37(29)48-33(26)22-25/h1-22,38H,(H,44,45,46). The highest BCUT2D eigenvalue weighted by molar-refractivity contribution is 6.27. The fraction of sp³-hybridized carbons (Fsp3) is 0.0244. The van der Waals surface area contributed by atoms with Crippen LogP contribution in [0.15, 0.2) is 148 Å². The minimum atomic E-state index is -0.274. The molecule has 0 amide bonds. The molecule has 6 aromatic carbocycles. The van der Waals surface area contributed by atoms with Crippen LogP contribution in [0.4, 0.5) is 0 Å². The summed E-state index contributed by atoms with van der Waals surface area (Å²) in [6.45, 7) is 0. The summed E-state index contributed by atoms with van der Waals surface area (Å²) in [6, 6.07) is 45.6. The van der Waals surface area contributed by atoms with Crippen molar-refractivity contribution in [3.8, 4) is 0 Å². The summed E-state index contributed by atoms with van der Waals surface area (Å²) >= 11 is 0. The van der Waals surface area contributed by atoms with Crippen LogP contribution in [0.1, 0.15) is 22.9 Å². The van der Waals surface area contributed by atoms with Crippen molar-refractivity contribution < 1.29 is 4.42 Å². The number of hydrogen-bond donors (Lipinski definition) is 1. The zero-order valence-electron chi connectivity index (χ0n) is 25.4. The Balaban J connectivity index is 1.14. The molecule has 1 N–H and O–H groups in total. The van der Waals surface area contributed by atoms with Crippen LogP contribution in [0.25, 0.3) is 71.3 Å². The van der Waals surface area contributed by atoms with Gasteiger partial charge < -0.3 is 9.73 Å². The second-order valence-corrected chi connectivity index (χ2v) is 12.3. The topological polar surface area (TPSA) is 80.1 Å². The number of furan rings is 1. The predicted molar refractivity (Wildman–Crippen MR) is 193 cm³/mol. The van der Waals surface area contributed by atoms with Crippen LogP contribution in [-0.2, 0) is 0 Å². The number of amidine groups is 2. The van der Waals surface area contributed by atoms with Crippen molar-refractivity contribution in [3.63, 3.8) is 0 Å². The number of nitrogens with one attached hydrogen (secondary N) is 1.